The summed E-state index contributed by atoms with van der Waals surface area (Å²) in [6, 6.07) is 21.0. The summed E-state index contributed by atoms with van der Waals surface area (Å²) >= 11 is 1.41. The van der Waals surface area contributed by atoms with Crippen LogP contribution in [0, 0.1) is 29.1 Å². The molecule has 0 spiro atoms. The Kier molecular flexibility index (Phi) is 25.1. The van der Waals surface area contributed by atoms with Crippen LogP contribution < -0.4 is 37.2 Å². The maximum atomic E-state index is 14.5. The van der Waals surface area contributed by atoms with Crippen molar-refractivity contribution in [3.63, 3.8) is 0 Å². The van der Waals surface area contributed by atoms with Crippen molar-refractivity contribution in [1.82, 2.24) is 60.5 Å². The van der Waals surface area contributed by atoms with E-state index in [1.807, 2.05) is 71.2 Å². The van der Waals surface area contributed by atoms with Crippen LogP contribution in [-0.2, 0) is 82.0 Å². The monoisotopic (exact) mass is 1580 g/mol. The van der Waals surface area contributed by atoms with Crippen molar-refractivity contribution < 1.29 is 72.3 Å². The lowest BCUT2D eigenvalue weighted by Gasteiger charge is -2.46. The highest BCUT2D eigenvalue weighted by atomic mass is 32.1. The number of thiazole rings is 1. The van der Waals surface area contributed by atoms with Crippen LogP contribution in [0.5, 0.6) is 0 Å². The maximum Gasteiger partial charge on any atom is 0.410 e. The number of aromatic carboxylic acids is 1. The largest absolute Gasteiger partial charge is 0.476 e. The van der Waals surface area contributed by atoms with Crippen molar-refractivity contribution in [2.75, 3.05) is 62.0 Å². The summed E-state index contributed by atoms with van der Waals surface area (Å²) in [6.07, 6.45) is 12.8. The number of aliphatic hydroxyl groups excluding tert-OH is 1. The van der Waals surface area contributed by atoms with Gasteiger partial charge in [-0.3, -0.25) is 43.7 Å². The molecule has 3 aromatic carbocycles. The molecule has 1 saturated heterocycles. The number of carbonyl (C=O) groups is 9. The van der Waals surface area contributed by atoms with Crippen molar-refractivity contribution in [1.29, 1.82) is 0 Å². The third kappa shape index (κ3) is 18.9. The van der Waals surface area contributed by atoms with Gasteiger partial charge in [-0.1, -0.05) is 87.1 Å². The molecule has 114 heavy (non-hydrogen) atoms. The van der Waals surface area contributed by atoms with E-state index in [4.69, 9.17) is 34.8 Å². The highest BCUT2D eigenvalue weighted by Crippen LogP contribution is 2.78. The average Bonchev–Trinajstić information content (AvgIpc) is 1.50. The van der Waals surface area contributed by atoms with Gasteiger partial charge >= 0.3 is 18.1 Å². The fourth-order valence-electron chi connectivity index (χ4n) is 18.3. The van der Waals surface area contributed by atoms with Gasteiger partial charge < -0.3 is 66.0 Å². The number of fused-ring (bicyclic) bond motifs is 2. The lowest BCUT2D eigenvalue weighted by Crippen LogP contribution is -2.54. The smallest absolute Gasteiger partial charge is 0.410 e. The Morgan fingerprint density at radius 3 is 2.40 bits per heavy atom. The number of rotatable bonds is 36. The number of primary amides is 1. The number of carboxylic acids is 1. The molecule has 14 rings (SSSR count). The fraction of sp³-hybridized carbons (Fsp3) is 0.512. The standard InChI is InChI=1S/C82H102N16O15S/c1-50(2)70(90-66(100)21-8-7-11-33-97-67(101)28-29-68(97)102)74(105)87-63(19-13-31-84-76(83)108)73(104)86-54-24-22-52(23-25-54)43-111-78(109)94(32-14-16-55-40-96(93-92-55)41-57-37-56(99)38-69(110-6)113-57)35-36-112-82-46-79(4)44-80(5,47-82)81(45-79,48-82)49-98-51(3)60(39-85-98)58-26-27-65(89-71(58)75(106)107)95-34-30-53-15-12-17-59(61(53)42-95)72(103)91-77-88-62-18-9-10-20-64(62)114-77/h9-10,12,15,17-18,20,22-29,39-40,50,56-57,63,69-70,99H,7-8,11,13-14,16,19,21,30-38,41-49H2,1-6H3,(H,86,104)(H,87,105)(H,90,100)(H,106,107)(H3,83,84,108)(H,88,91,103)/t56-,57-,63+,69+,70+,79?,80?,81?,82?/m1/s1. The first-order chi connectivity index (χ1) is 54.6. The molecule has 9 amide bonds. The summed E-state index contributed by atoms with van der Waals surface area (Å²) in [7, 11) is 1.54. The van der Waals surface area contributed by atoms with Crippen LogP contribution in [0.15, 0.2) is 103 Å². The lowest BCUT2D eigenvalue weighted by molar-refractivity contribution is -0.206. The van der Waals surface area contributed by atoms with Crippen LogP contribution in [0.2, 0.25) is 0 Å². The SMILES string of the molecule is CO[C@@H]1C[C@H](O)C[C@H](Cn2cc(CCCN(CCOC34CC5(C)CC(C)(C3)C(Cn3ncc(-c6ccc(N7CCc8cccc(C(=O)Nc9nc%10ccccc%10s9)c8C7)nc6C(=O)O)c3C)(C5)C4)C(=O)OCc3ccc(NC(=O)[C@H](CCCNC(N)=O)NC(=O)[C@@H](NC(=O)CCCCCN4C(=O)C=CC4=O)C(C)C)cc3)nn2)O1. The van der Waals surface area contributed by atoms with E-state index in [1.54, 1.807) is 67.1 Å². The van der Waals surface area contributed by atoms with Gasteiger partial charge in [0.1, 0.15) is 24.5 Å². The number of aliphatic hydroxyl groups is 1. The van der Waals surface area contributed by atoms with E-state index in [9.17, 15) is 53.4 Å². The maximum absolute atomic E-state index is 14.5. The second kappa shape index (κ2) is 35.1. The van der Waals surface area contributed by atoms with Crippen molar-refractivity contribution in [3.8, 4) is 11.1 Å². The summed E-state index contributed by atoms with van der Waals surface area (Å²) in [5, 5.41) is 49.6. The second-order valence-corrected chi connectivity index (χ2v) is 33.4. The highest BCUT2D eigenvalue weighted by molar-refractivity contribution is 7.22. The van der Waals surface area contributed by atoms with Gasteiger partial charge in [0.25, 0.3) is 17.7 Å². The molecule has 4 bridgehead atoms. The number of amides is 9. The van der Waals surface area contributed by atoms with E-state index in [1.165, 1.54) is 23.5 Å². The van der Waals surface area contributed by atoms with Gasteiger partial charge in [-0.25, -0.2) is 29.0 Å². The minimum Gasteiger partial charge on any atom is -0.476 e. The molecule has 32 heteroatoms. The van der Waals surface area contributed by atoms with Gasteiger partial charge in [0.2, 0.25) is 17.7 Å². The number of anilines is 3. The van der Waals surface area contributed by atoms with E-state index in [2.05, 4.69) is 55.7 Å². The van der Waals surface area contributed by atoms with Crippen molar-refractivity contribution in [3.05, 3.63) is 143 Å². The zero-order valence-corrected chi connectivity index (χ0v) is 66.1. The first-order valence-electron chi connectivity index (χ1n) is 39.3. The lowest BCUT2D eigenvalue weighted by atomic mass is 9.65. The summed E-state index contributed by atoms with van der Waals surface area (Å²) < 4.78 is 29.3. The number of para-hydroxylation sites is 1. The molecular weight excluding hydrogens is 1480 g/mol. The van der Waals surface area contributed by atoms with Crippen LogP contribution in [-0.4, -0.2) is 191 Å². The Morgan fingerprint density at radius 1 is 0.842 bits per heavy atom. The Bertz CT molecular complexity index is 4720. The van der Waals surface area contributed by atoms with Gasteiger partial charge in [-0.05, 0) is 165 Å². The second-order valence-electron chi connectivity index (χ2n) is 32.4. The molecule has 4 aliphatic carbocycles. The van der Waals surface area contributed by atoms with Crippen molar-refractivity contribution >= 4 is 91.7 Å². The summed E-state index contributed by atoms with van der Waals surface area (Å²) in [4.78, 5) is 132. The van der Waals surface area contributed by atoms with E-state index >= 15 is 0 Å². The van der Waals surface area contributed by atoms with Crippen LogP contribution in [0.25, 0.3) is 21.3 Å². The van der Waals surface area contributed by atoms with Gasteiger partial charge in [0.15, 0.2) is 17.1 Å². The molecule has 7 aromatic rings. The number of carbonyl (C=O) groups excluding carboxylic acids is 8. The van der Waals surface area contributed by atoms with Crippen molar-refractivity contribution in [2.45, 2.75) is 200 Å². The molecule has 9 atom stereocenters. The van der Waals surface area contributed by atoms with Gasteiger partial charge in [-0.2, -0.15) is 5.10 Å². The molecule has 4 unspecified atom stereocenters. The predicted molar refractivity (Wildman–Crippen MR) is 422 cm³/mol. The number of aryl methyl sites for hydroxylation is 1. The highest BCUT2D eigenvalue weighted by Gasteiger charge is 2.74. The van der Waals surface area contributed by atoms with Crippen LogP contribution in [0.4, 0.5) is 26.2 Å². The number of benzene rings is 3. The molecule has 4 aromatic heterocycles. The van der Waals surface area contributed by atoms with E-state index < -0.39 is 60.0 Å². The number of nitrogens with two attached hydrogens (primary N) is 1. The Labute approximate surface area is 664 Å². The molecule has 606 valence electrons. The summed E-state index contributed by atoms with van der Waals surface area (Å²) in [5.74, 6) is -3.58. The number of imide groups is 1. The number of carboxylic acid groups (broad SMARTS) is 1. The minimum atomic E-state index is -1.17. The number of ether oxygens (including phenoxy) is 4. The summed E-state index contributed by atoms with van der Waals surface area (Å²) in [5.41, 5.74) is 11.2. The number of methoxy groups -OCH3 is 1. The Morgan fingerprint density at radius 2 is 1.64 bits per heavy atom. The molecule has 3 aliphatic heterocycles. The molecule has 4 saturated carbocycles. The van der Waals surface area contributed by atoms with E-state index in [0.29, 0.717) is 122 Å². The number of nitrogens with zero attached hydrogens (tertiary/aromatic N) is 10. The third-order valence-corrected chi connectivity index (χ3v) is 24.3. The topological polar surface area (TPSA) is 401 Å². The number of unbranched alkanes of at least 4 members (excludes halogenated alkanes) is 2. The zero-order chi connectivity index (χ0) is 80.6. The molecule has 9 N–H and O–H groups in total. The average molecular weight is 1580 g/mol. The van der Waals surface area contributed by atoms with Crippen LogP contribution >= 0.6 is 11.3 Å². The zero-order valence-electron chi connectivity index (χ0n) is 65.3. The first-order valence-corrected chi connectivity index (χ1v) is 40.1. The molecule has 5 fully saturated rings. The Hall–Kier alpha value is -10.5. The number of hydrogen-bond donors (Lipinski definition) is 8. The van der Waals surface area contributed by atoms with Gasteiger partial charge in [0.05, 0.1) is 53.1 Å². The number of aromatic nitrogens is 7. The number of hydrogen-bond acceptors (Lipinski definition) is 21. The molecule has 31 nitrogen and oxygen atoms in total. The minimum absolute atomic E-state index is 0.0464. The van der Waals surface area contributed by atoms with Crippen molar-refractivity contribution in [2.24, 2.45) is 27.9 Å². The quantitative estimate of drug-likeness (QED) is 0.0134. The van der Waals surface area contributed by atoms with Crippen LogP contribution in [0.3, 0.4) is 0 Å². The van der Waals surface area contributed by atoms with E-state index in [-0.39, 0.29) is 116 Å². The fourth-order valence-corrected chi connectivity index (χ4v) is 19.2. The van der Waals surface area contributed by atoms with Crippen LogP contribution in [0.1, 0.15) is 167 Å². The van der Waals surface area contributed by atoms with E-state index in [0.717, 1.165) is 64.0 Å². The normalized spacial score (nSPS) is 22.6. The number of pyridine rings is 1. The Balaban J connectivity index is 0.646. The van der Waals surface area contributed by atoms with Gasteiger partial charge in [0, 0.05) is 119 Å². The first kappa shape index (κ1) is 81.5. The van der Waals surface area contributed by atoms with Gasteiger partial charge in [-0.15, -0.1) is 5.10 Å². The number of nitrogens with one attached hydrogen (secondary N) is 5. The third-order valence-electron chi connectivity index (χ3n) is 23.4. The molecule has 7 aliphatic rings. The number of urea groups is 1. The molecular formula is C82H102N16O15S. The summed E-state index contributed by atoms with van der Waals surface area (Å²) in [6.45, 7) is 13.1. The predicted octanol–water partition coefficient (Wildman–Crippen LogP) is 9.00. The molecule has 7 heterocycles. The molecule has 0 radical (unpaired) electrons.